The molecule has 1 aromatic heterocycles. The van der Waals surface area contributed by atoms with E-state index >= 15 is 0 Å². The van der Waals surface area contributed by atoms with Crippen LogP contribution in [0.3, 0.4) is 0 Å². The Morgan fingerprint density at radius 2 is 2.11 bits per heavy atom. The third-order valence-corrected chi connectivity index (χ3v) is 2.49. The van der Waals surface area contributed by atoms with Crippen molar-refractivity contribution < 1.29 is 18.0 Å². The first kappa shape index (κ1) is 15.2. The van der Waals surface area contributed by atoms with Crippen molar-refractivity contribution in [2.45, 2.75) is 12.7 Å². The van der Waals surface area contributed by atoms with E-state index < -0.39 is 11.9 Å². The van der Waals surface area contributed by atoms with Gasteiger partial charge in [-0.15, -0.1) is 0 Å². The summed E-state index contributed by atoms with van der Waals surface area (Å²) in [6.07, 6.45) is -4.53. The lowest BCUT2D eigenvalue weighted by Crippen LogP contribution is -2.34. The number of alkyl halides is 3. The molecule has 1 amide bonds. The van der Waals surface area contributed by atoms with Crippen LogP contribution in [0.1, 0.15) is 11.3 Å². The van der Waals surface area contributed by atoms with Crippen LogP contribution in [0.15, 0.2) is 12.1 Å². The van der Waals surface area contributed by atoms with Crippen LogP contribution in [0, 0.1) is 0 Å². The summed E-state index contributed by atoms with van der Waals surface area (Å²) < 4.78 is 37.8. The number of hydrogen-bond donors (Lipinski definition) is 2. The monoisotopic (exact) mass is 276 g/mol. The molecule has 1 heterocycles. The maximum Gasteiger partial charge on any atom is 0.433 e. The van der Waals surface area contributed by atoms with Gasteiger partial charge in [-0.25, -0.2) is 4.98 Å². The van der Waals surface area contributed by atoms with E-state index in [2.05, 4.69) is 10.3 Å². The third kappa shape index (κ3) is 3.82. The molecule has 106 valence electrons. The number of anilines is 1. The fraction of sp³-hybridized carbons (Fsp3) is 0.455. The SMILES string of the molecule is CNC(=O)CN(C)c1nc(C(F)(F)F)ccc1CN. The number of nitrogens with two attached hydrogens (primary N) is 1. The molecule has 1 aromatic rings. The molecule has 19 heavy (non-hydrogen) atoms. The van der Waals surface area contributed by atoms with Crippen molar-refractivity contribution in [1.82, 2.24) is 10.3 Å². The number of halogens is 3. The van der Waals surface area contributed by atoms with Gasteiger partial charge in [0, 0.05) is 26.2 Å². The summed E-state index contributed by atoms with van der Waals surface area (Å²) in [5, 5.41) is 2.39. The van der Waals surface area contributed by atoms with Crippen molar-refractivity contribution >= 4 is 11.7 Å². The summed E-state index contributed by atoms with van der Waals surface area (Å²) in [6, 6.07) is 2.14. The highest BCUT2D eigenvalue weighted by Gasteiger charge is 2.33. The minimum Gasteiger partial charge on any atom is -0.358 e. The zero-order valence-corrected chi connectivity index (χ0v) is 10.6. The Kier molecular flexibility index (Phi) is 4.71. The van der Waals surface area contributed by atoms with Gasteiger partial charge in [-0.1, -0.05) is 6.07 Å². The van der Waals surface area contributed by atoms with Gasteiger partial charge >= 0.3 is 6.18 Å². The molecular formula is C11H15F3N4O. The van der Waals surface area contributed by atoms with Gasteiger partial charge in [0.15, 0.2) is 0 Å². The van der Waals surface area contributed by atoms with Crippen LogP contribution in [0.25, 0.3) is 0 Å². The molecule has 0 saturated heterocycles. The van der Waals surface area contributed by atoms with Gasteiger partial charge in [-0.05, 0) is 6.07 Å². The second kappa shape index (κ2) is 5.87. The normalized spacial score (nSPS) is 11.3. The zero-order valence-electron chi connectivity index (χ0n) is 10.6. The number of rotatable bonds is 4. The van der Waals surface area contributed by atoms with E-state index in [1.807, 2.05) is 0 Å². The molecule has 8 heteroatoms. The molecule has 0 aliphatic carbocycles. The molecule has 0 unspecified atom stereocenters. The number of amides is 1. The van der Waals surface area contributed by atoms with Gasteiger partial charge < -0.3 is 16.0 Å². The highest BCUT2D eigenvalue weighted by molar-refractivity contribution is 5.80. The van der Waals surface area contributed by atoms with Crippen LogP contribution in [-0.2, 0) is 17.5 Å². The topological polar surface area (TPSA) is 71.2 Å². The summed E-state index contributed by atoms with van der Waals surface area (Å²) in [5.41, 5.74) is 4.90. The first-order chi connectivity index (χ1) is 8.79. The van der Waals surface area contributed by atoms with E-state index in [0.717, 1.165) is 6.07 Å². The van der Waals surface area contributed by atoms with Crippen LogP contribution in [0.4, 0.5) is 19.0 Å². The van der Waals surface area contributed by atoms with Gasteiger partial charge in [0.05, 0.1) is 6.54 Å². The van der Waals surface area contributed by atoms with Gasteiger partial charge in [0.1, 0.15) is 11.5 Å². The Balaban J connectivity index is 3.12. The average Bonchev–Trinajstić information content (AvgIpc) is 2.36. The van der Waals surface area contributed by atoms with Gasteiger partial charge in [-0.3, -0.25) is 4.79 Å². The molecule has 0 aliphatic rings. The molecule has 0 bridgehead atoms. The Morgan fingerprint density at radius 1 is 1.47 bits per heavy atom. The fourth-order valence-corrected chi connectivity index (χ4v) is 1.49. The quantitative estimate of drug-likeness (QED) is 0.851. The van der Waals surface area contributed by atoms with Gasteiger partial charge in [0.25, 0.3) is 0 Å². The lowest BCUT2D eigenvalue weighted by atomic mass is 10.2. The number of carbonyl (C=O) groups excluding carboxylic acids is 1. The van der Waals surface area contributed by atoms with Crippen molar-refractivity contribution in [3.8, 4) is 0 Å². The van der Waals surface area contributed by atoms with E-state index in [1.54, 1.807) is 0 Å². The smallest absolute Gasteiger partial charge is 0.358 e. The lowest BCUT2D eigenvalue weighted by molar-refractivity contribution is -0.141. The van der Waals surface area contributed by atoms with Crippen molar-refractivity contribution in [1.29, 1.82) is 0 Å². The molecule has 5 nitrogen and oxygen atoms in total. The predicted octanol–water partition coefficient (Wildman–Crippen LogP) is 0.741. The van der Waals surface area contributed by atoms with Gasteiger partial charge in [0.2, 0.25) is 5.91 Å². The standard InChI is InChI=1S/C11H15F3N4O/c1-16-9(19)6-18(2)10-7(5-15)3-4-8(17-10)11(12,13)14/h3-4H,5-6,15H2,1-2H3,(H,16,19). The molecule has 0 aliphatic heterocycles. The minimum atomic E-state index is -4.53. The third-order valence-electron chi connectivity index (χ3n) is 2.49. The van der Waals surface area contributed by atoms with Crippen molar-refractivity contribution in [2.24, 2.45) is 5.73 Å². The number of likely N-dealkylation sites (N-methyl/N-ethyl adjacent to an activating group) is 2. The van der Waals surface area contributed by atoms with Crippen LogP contribution < -0.4 is 16.0 Å². The lowest BCUT2D eigenvalue weighted by Gasteiger charge is -2.21. The zero-order chi connectivity index (χ0) is 14.6. The first-order valence-corrected chi connectivity index (χ1v) is 5.48. The van der Waals surface area contributed by atoms with Crippen molar-refractivity contribution in [2.75, 3.05) is 25.5 Å². The maximum absolute atomic E-state index is 12.6. The number of nitrogens with zero attached hydrogens (tertiary/aromatic N) is 2. The molecule has 3 N–H and O–H groups in total. The summed E-state index contributed by atoms with van der Waals surface area (Å²) in [4.78, 5) is 16.1. The van der Waals surface area contributed by atoms with Crippen LogP contribution in [0.2, 0.25) is 0 Å². The Labute approximate surface area is 108 Å². The summed E-state index contributed by atoms with van der Waals surface area (Å²) >= 11 is 0. The molecule has 0 aromatic carbocycles. The van der Waals surface area contributed by atoms with Crippen LogP contribution in [0.5, 0.6) is 0 Å². The van der Waals surface area contributed by atoms with E-state index in [4.69, 9.17) is 5.73 Å². The fourth-order valence-electron chi connectivity index (χ4n) is 1.49. The van der Waals surface area contributed by atoms with Crippen LogP contribution >= 0.6 is 0 Å². The number of nitrogens with one attached hydrogen (secondary N) is 1. The van der Waals surface area contributed by atoms with Gasteiger partial charge in [-0.2, -0.15) is 13.2 Å². The Hall–Kier alpha value is -1.83. The Bertz CT molecular complexity index is 462. The van der Waals surface area contributed by atoms with E-state index in [9.17, 15) is 18.0 Å². The minimum absolute atomic E-state index is 0.0402. The van der Waals surface area contributed by atoms with E-state index in [-0.39, 0.29) is 24.8 Å². The number of pyridine rings is 1. The molecule has 0 fully saturated rings. The second-order valence-electron chi connectivity index (χ2n) is 3.91. The Morgan fingerprint density at radius 3 is 2.58 bits per heavy atom. The van der Waals surface area contributed by atoms with E-state index in [0.29, 0.717) is 5.56 Å². The summed E-state index contributed by atoms with van der Waals surface area (Å²) in [7, 11) is 2.93. The second-order valence-corrected chi connectivity index (χ2v) is 3.91. The molecule has 1 rings (SSSR count). The first-order valence-electron chi connectivity index (χ1n) is 5.48. The number of aromatic nitrogens is 1. The molecule has 0 radical (unpaired) electrons. The molecule has 0 saturated carbocycles. The highest BCUT2D eigenvalue weighted by atomic mass is 19.4. The summed E-state index contributed by atoms with van der Waals surface area (Å²) in [5.74, 6) is -0.273. The number of hydrogen-bond acceptors (Lipinski definition) is 4. The average molecular weight is 276 g/mol. The van der Waals surface area contributed by atoms with Crippen LogP contribution in [-0.4, -0.2) is 31.5 Å². The summed E-state index contributed by atoms with van der Waals surface area (Å²) in [6.45, 7) is -0.0592. The van der Waals surface area contributed by atoms with Crippen molar-refractivity contribution in [3.63, 3.8) is 0 Å². The van der Waals surface area contributed by atoms with Crippen molar-refractivity contribution in [3.05, 3.63) is 23.4 Å². The van der Waals surface area contributed by atoms with E-state index in [1.165, 1.54) is 25.1 Å². The largest absolute Gasteiger partial charge is 0.433 e. The molecular weight excluding hydrogens is 261 g/mol. The predicted molar refractivity (Wildman–Crippen MR) is 64.5 cm³/mol. The highest BCUT2D eigenvalue weighted by Crippen LogP contribution is 2.30. The number of carbonyl (C=O) groups is 1. The maximum atomic E-state index is 12.6. The molecule has 0 atom stereocenters. The molecule has 0 spiro atoms.